The molecular weight excluding hydrogens is 317 g/mol. The molecule has 3 rings (SSSR count). The molecule has 1 saturated heterocycles. The molecular formula is C17H18FNO3S. The summed E-state index contributed by atoms with van der Waals surface area (Å²) in [6, 6.07) is 14.7. The summed E-state index contributed by atoms with van der Waals surface area (Å²) in [6.45, 7) is 1.14. The first-order valence-corrected chi connectivity index (χ1v) is 8.81. The maximum absolute atomic E-state index is 13.4. The molecule has 6 heteroatoms. The Balaban J connectivity index is 2.03. The summed E-state index contributed by atoms with van der Waals surface area (Å²) < 4.78 is 46.1. The summed E-state index contributed by atoms with van der Waals surface area (Å²) in [7, 11) is -3.85. The fourth-order valence-corrected chi connectivity index (χ4v) is 4.34. The van der Waals surface area contributed by atoms with Crippen LogP contribution in [0.5, 0.6) is 0 Å². The van der Waals surface area contributed by atoms with E-state index in [0.29, 0.717) is 5.56 Å². The molecule has 0 aromatic heterocycles. The molecule has 1 aliphatic rings. The minimum absolute atomic E-state index is 0.0428. The molecule has 0 saturated carbocycles. The van der Waals surface area contributed by atoms with Crippen LogP contribution in [0.4, 0.5) is 4.39 Å². The topological polar surface area (TPSA) is 46.6 Å². The van der Waals surface area contributed by atoms with Crippen LogP contribution in [-0.2, 0) is 14.8 Å². The maximum Gasteiger partial charge on any atom is 0.245 e. The van der Waals surface area contributed by atoms with Gasteiger partial charge >= 0.3 is 0 Å². The van der Waals surface area contributed by atoms with Crippen molar-refractivity contribution in [3.05, 3.63) is 65.7 Å². The highest BCUT2D eigenvalue weighted by Crippen LogP contribution is 2.36. The molecule has 1 fully saturated rings. The zero-order valence-electron chi connectivity index (χ0n) is 12.7. The first-order chi connectivity index (χ1) is 11.0. The van der Waals surface area contributed by atoms with E-state index >= 15 is 0 Å². The van der Waals surface area contributed by atoms with Gasteiger partial charge in [0.25, 0.3) is 0 Å². The van der Waals surface area contributed by atoms with Crippen LogP contribution in [0, 0.1) is 6.92 Å². The van der Waals surface area contributed by atoms with E-state index in [2.05, 4.69) is 0 Å². The van der Waals surface area contributed by atoms with Crippen LogP contribution in [0.3, 0.4) is 0 Å². The number of ether oxygens (including phenoxy) is 1. The molecule has 2 atom stereocenters. The first-order valence-electron chi connectivity index (χ1n) is 7.37. The number of nitrogens with zero attached hydrogens (tertiary/aromatic N) is 1. The number of aryl methyl sites for hydroxylation is 1. The number of rotatable bonds is 4. The van der Waals surface area contributed by atoms with E-state index in [0.717, 1.165) is 9.87 Å². The average molecular weight is 335 g/mol. The highest BCUT2D eigenvalue weighted by Gasteiger charge is 2.44. The van der Waals surface area contributed by atoms with Gasteiger partial charge in [-0.2, -0.15) is 4.31 Å². The molecule has 0 amide bonds. The Hall–Kier alpha value is -1.76. The molecule has 0 spiro atoms. The van der Waals surface area contributed by atoms with Crippen molar-refractivity contribution in [1.82, 2.24) is 4.31 Å². The van der Waals surface area contributed by atoms with Crippen LogP contribution in [0.15, 0.2) is 59.5 Å². The standard InChI is InChI=1S/C17H18FNO3S/c1-13-7-9-16(10-8-13)23(20,21)19-15(11-18)12-22-17(19)14-5-3-2-4-6-14/h2-10,15,17H,11-12H2,1H3/t15-,17-/m0/s1. The Kier molecular flexibility index (Phi) is 4.48. The molecule has 0 bridgehead atoms. The van der Waals surface area contributed by atoms with Crippen LogP contribution >= 0.6 is 0 Å². The maximum atomic E-state index is 13.4. The molecule has 1 aliphatic heterocycles. The largest absolute Gasteiger partial charge is 0.356 e. The van der Waals surface area contributed by atoms with Crippen molar-refractivity contribution in [2.45, 2.75) is 24.1 Å². The SMILES string of the molecule is Cc1ccc(S(=O)(=O)N2[C@@H](CF)CO[C@H]2c2ccccc2)cc1. The molecule has 4 nitrogen and oxygen atoms in total. The predicted molar refractivity (Wildman–Crippen MR) is 85.1 cm³/mol. The Labute approximate surface area is 135 Å². The summed E-state index contributed by atoms with van der Waals surface area (Å²) in [5, 5.41) is 0. The zero-order valence-corrected chi connectivity index (χ0v) is 13.5. The van der Waals surface area contributed by atoms with Gasteiger partial charge in [-0.1, -0.05) is 48.0 Å². The number of halogens is 1. The molecule has 122 valence electrons. The van der Waals surface area contributed by atoms with Crippen LogP contribution in [0.25, 0.3) is 0 Å². The number of hydrogen-bond acceptors (Lipinski definition) is 3. The lowest BCUT2D eigenvalue weighted by Crippen LogP contribution is -2.39. The van der Waals surface area contributed by atoms with Crippen molar-refractivity contribution in [1.29, 1.82) is 0 Å². The molecule has 23 heavy (non-hydrogen) atoms. The lowest BCUT2D eigenvalue weighted by molar-refractivity contribution is 0.0680. The Morgan fingerprint density at radius 2 is 1.78 bits per heavy atom. The minimum Gasteiger partial charge on any atom is -0.356 e. The summed E-state index contributed by atoms with van der Waals surface area (Å²) in [5.41, 5.74) is 1.66. The van der Waals surface area contributed by atoms with Crippen molar-refractivity contribution in [3.8, 4) is 0 Å². The van der Waals surface area contributed by atoms with Gasteiger partial charge < -0.3 is 4.74 Å². The van der Waals surface area contributed by atoms with E-state index in [1.54, 1.807) is 48.5 Å². The first kappa shape index (κ1) is 16.1. The quantitative estimate of drug-likeness (QED) is 0.863. The van der Waals surface area contributed by atoms with Gasteiger partial charge in [-0.15, -0.1) is 0 Å². The second-order valence-corrected chi connectivity index (χ2v) is 7.40. The Bertz CT molecular complexity index is 762. The molecule has 0 radical (unpaired) electrons. The second kappa shape index (κ2) is 6.39. The Morgan fingerprint density at radius 3 is 2.39 bits per heavy atom. The van der Waals surface area contributed by atoms with Gasteiger partial charge in [-0.25, -0.2) is 12.8 Å². The van der Waals surface area contributed by atoms with Gasteiger partial charge in [-0.05, 0) is 24.6 Å². The smallest absolute Gasteiger partial charge is 0.245 e. The van der Waals surface area contributed by atoms with Crippen molar-refractivity contribution in [3.63, 3.8) is 0 Å². The van der Waals surface area contributed by atoms with E-state index in [9.17, 15) is 12.8 Å². The molecule has 2 aromatic rings. The number of benzene rings is 2. The summed E-state index contributed by atoms with van der Waals surface area (Å²) in [5.74, 6) is 0. The van der Waals surface area contributed by atoms with Gasteiger partial charge in [0, 0.05) is 0 Å². The molecule has 2 aromatic carbocycles. The van der Waals surface area contributed by atoms with E-state index in [1.807, 2.05) is 13.0 Å². The van der Waals surface area contributed by atoms with Gasteiger partial charge in [0.2, 0.25) is 10.0 Å². The predicted octanol–water partition coefficient (Wildman–Crippen LogP) is 3.05. The minimum atomic E-state index is -3.85. The van der Waals surface area contributed by atoms with Crippen molar-refractivity contribution in [2.75, 3.05) is 13.3 Å². The van der Waals surface area contributed by atoms with E-state index < -0.39 is 29.0 Å². The van der Waals surface area contributed by atoms with E-state index in [4.69, 9.17) is 4.74 Å². The van der Waals surface area contributed by atoms with Crippen LogP contribution in [-0.4, -0.2) is 32.0 Å². The molecule has 0 N–H and O–H groups in total. The third-order valence-electron chi connectivity index (χ3n) is 3.90. The van der Waals surface area contributed by atoms with Crippen LogP contribution in [0.1, 0.15) is 17.4 Å². The van der Waals surface area contributed by atoms with E-state index in [1.165, 1.54) is 0 Å². The Morgan fingerprint density at radius 1 is 1.13 bits per heavy atom. The monoisotopic (exact) mass is 335 g/mol. The third-order valence-corrected chi connectivity index (χ3v) is 5.81. The fraction of sp³-hybridized carbons (Fsp3) is 0.294. The summed E-state index contributed by atoms with van der Waals surface area (Å²) >= 11 is 0. The highest BCUT2D eigenvalue weighted by atomic mass is 32.2. The fourth-order valence-electron chi connectivity index (χ4n) is 2.67. The highest BCUT2D eigenvalue weighted by molar-refractivity contribution is 7.89. The van der Waals surface area contributed by atoms with E-state index in [-0.39, 0.29) is 11.5 Å². The number of alkyl halides is 1. The lowest BCUT2D eigenvalue weighted by atomic mass is 10.2. The second-order valence-electron chi connectivity index (χ2n) is 5.55. The molecule has 1 heterocycles. The zero-order chi connectivity index (χ0) is 16.4. The van der Waals surface area contributed by atoms with Crippen molar-refractivity contribution < 1.29 is 17.5 Å². The van der Waals surface area contributed by atoms with Crippen LogP contribution in [0.2, 0.25) is 0 Å². The van der Waals surface area contributed by atoms with Crippen molar-refractivity contribution in [2.24, 2.45) is 0 Å². The van der Waals surface area contributed by atoms with Gasteiger partial charge in [0.15, 0.2) is 6.23 Å². The number of hydrogen-bond donors (Lipinski definition) is 0. The average Bonchev–Trinajstić information content (AvgIpc) is 3.01. The van der Waals surface area contributed by atoms with Crippen LogP contribution < -0.4 is 0 Å². The van der Waals surface area contributed by atoms with Gasteiger partial charge in [-0.3, -0.25) is 0 Å². The summed E-state index contributed by atoms with van der Waals surface area (Å²) in [6.07, 6.45) is -0.803. The lowest BCUT2D eigenvalue weighted by Gasteiger charge is -2.26. The third kappa shape index (κ3) is 3.02. The van der Waals surface area contributed by atoms with Gasteiger partial charge in [0.05, 0.1) is 17.5 Å². The molecule has 0 unspecified atom stereocenters. The number of sulfonamides is 1. The summed E-state index contributed by atoms with van der Waals surface area (Å²) in [4.78, 5) is 0.146. The normalized spacial score (nSPS) is 22.3. The molecule has 0 aliphatic carbocycles. The van der Waals surface area contributed by atoms with Gasteiger partial charge in [0.1, 0.15) is 6.67 Å². The van der Waals surface area contributed by atoms with Crippen molar-refractivity contribution >= 4 is 10.0 Å².